The lowest BCUT2D eigenvalue weighted by Crippen LogP contribution is -2.03. The van der Waals surface area contributed by atoms with E-state index in [2.05, 4.69) is 11.4 Å². The molecule has 1 N–H and O–H groups in total. The molecular weight excluding hydrogens is 162 g/mol. The zero-order valence-corrected chi connectivity index (χ0v) is 6.40. The first-order valence-electron chi connectivity index (χ1n) is 3.25. The quantitative estimate of drug-likeness (QED) is 0.624. The molecule has 1 heterocycles. The zero-order valence-electron chi connectivity index (χ0n) is 5.65. The van der Waals surface area contributed by atoms with Crippen LogP contribution < -0.4 is 5.32 Å². The monoisotopic (exact) mass is 166 g/mol. The lowest BCUT2D eigenvalue weighted by molar-refractivity contribution is -0.115. The average molecular weight is 167 g/mol. The smallest absolute Gasteiger partial charge is 0.228 e. The van der Waals surface area contributed by atoms with E-state index in [1.807, 2.05) is 0 Å². The molecule has 0 saturated carbocycles. The molecule has 55 valence electrons. The summed E-state index contributed by atoms with van der Waals surface area (Å²) < 4.78 is 0. The SMILES string of the molecule is O=C1Cc2c[c]c(Cl)cc2N1. The molecule has 2 rings (SSSR count). The summed E-state index contributed by atoms with van der Waals surface area (Å²) in [6, 6.07) is 6.28. The normalized spacial score (nSPS) is 14.5. The molecule has 0 spiro atoms. The number of fused-ring (bicyclic) bond motifs is 1. The summed E-state index contributed by atoms with van der Waals surface area (Å²) in [5, 5.41) is 3.23. The second-order valence-electron chi connectivity index (χ2n) is 2.44. The van der Waals surface area contributed by atoms with Crippen molar-refractivity contribution in [1.82, 2.24) is 0 Å². The van der Waals surface area contributed by atoms with E-state index in [0.717, 1.165) is 11.3 Å². The standard InChI is InChI=1S/C8H5ClNO/c9-6-2-1-5-3-8(11)10-7(5)4-6/h1,4H,3H2,(H,10,11). The van der Waals surface area contributed by atoms with Crippen molar-refractivity contribution < 1.29 is 4.79 Å². The van der Waals surface area contributed by atoms with Gasteiger partial charge in [0.1, 0.15) is 0 Å². The molecule has 1 aliphatic heterocycles. The van der Waals surface area contributed by atoms with Gasteiger partial charge in [0.25, 0.3) is 0 Å². The lowest BCUT2D eigenvalue weighted by Gasteiger charge is -1.95. The Labute approximate surface area is 69.2 Å². The number of hydrogen-bond donors (Lipinski definition) is 1. The van der Waals surface area contributed by atoms with Crippen LogP contribution >= 0.6 is 11.6 Å². The molecule has 0 aromatic heterocycles. The predicted molar refractivity (Wildman–Crippen MR) is 42.6 cm³/mol. The molecule has 1 aromatic carbocycles. The van der Waals surface area contributed by atoms with Gasteiger partial charge in [-0.15, -0.1) is 0 Å². The van der Waals surface area contributed by atoms with Gasteiger partial charge in [-0.1, -0.05) is 11.6 Å². The molecule has 0 atom stereocenters. The fourth-order valence-electron chi connectivity index (χ4n) is 1.12. The Hall–Kier alpha value is -1.02. The molecule has 0 saturated heterocycles. The zero-order chi connectivity index (χ0) is 7.84. The second kappa shape index (κ2) is 2.24. The van der Waals surface area contributed by atoms with Gasteiger partial charge in [-0.25, -0.2) is 0 Å². The summed E-state index contributed by atoms with van der Waals surface area (Å²) in [5.74, 6) is 0.0238. The highest BCUT2D eigenvalue weighted by atomic mass is 35.5. The highest BCUT2D eigenvalue weighted by Gasteiger charge is 2.16. The van der Waals surface area contributed by atoms with Gasteiger partial charge in [0.05, 0.1) is 11.4 Å². The van der Waals surface area contributed by atoms with E-state index in [9.17, 15) is 4.79 Å². The number of halogens is 1. The number of anilines is 1. The van der Waals surface area contributed by atoms with Gasteiger partial charge < -0.3 is 5.32 Å². The molecule has 1 radical (unpaired) electrons. The minimum atomic E-state index is 0.0238. The van der Waals surface area contributed by atoms with Crippen molar-refractivity contribution in [2.75, 3.05) is 5.32 Å². The Kier molecular flexibility index (Phi) is 1.36. The van der Waals surface area contributed by atoms with Crippen LogP contribution in [0, 0.1) is 6.07 Å². The summed E-state index contributed by atoms with van der Waals surface area (Å²) in [6.07, 6.45) is 0.447. The molecule has 2 nitrogen and oxygen atoms in total. The Morgan fingerprint density at radius 2 is 2.45 bits per heavy atom. The molecule has 0 unspecified atom stereocenters. The van der Waals surface area contributed by atoms with Crippen molar-refractivity contribution in [3.63, 3.8) is 0 Å². The number of rotatable bonds is 0. The van der Waals surface area contributed by atoms with E-state index in [-0.39, 0.29) is 5.91 Å². The topological polar surface area (TPSA) is 29.1 Å². The molecule has 1 aliphatic rings. The van der Waals surface area contributed by atoms with Crippen molar-refractivity contribution in [3.8, 4) is 0 Å². The Balaban J connectivity index is 2.51. The van der Waals surface area contributed by atoms with Crippen LogP contribution in [0.1, 0.15) is 5.56 Å². The van der Waals surface area contributed by atoms with E-state index in [4.69, 9.17) is 11.6 Å². The molecule has 0 bridgehead atoms. The predicted octanol–water partition coefficient (Wildman–Crippen LogP) is 1.63. The van der Waals surface area contributed by atoms with Crippen LogP contribution in [0.4, 0.5) is 5.69 Å². The van der Waals surface area contributed by atoms with Crippen molar-refractivity contribution >= 4 is 23.2 Å². The van der Waals surface area contributed by atoms with Crippen LogP contribution in [0.2, 0.25) is 5.02 Å². The fraction of sp³-hybridized carbons (Fsp3) is 0.125. The Morgan fingerprint density at radius 3 is 3.27 bits per heavy atom. The Bertz CT molecular complexity index is 322. The molecule has 0 fully saturated rings. The minimum absolute atomic E-state index is 0.0238. The minimum Gasteiger partial charge on any atom is -0.325 e. The number of benzene rings is 1. The number of nitrogens with one attached hydrogen (secondary N) is 1. The van der Waals surface area contributed by atoms with Crippen LogP contribution in [0.25, 0.3) is 0 Å². The fourth-order valence-corrected chi connectivity index (χ4v) is 1.29. The van der Waals surface area contributed by atoms with E-state index in [1.54, 1.807) is 12.1 Å². The van der Waals surface area contributed by atoms with E-state index in [1.165, 1.54) is 0 Å². The van der Waals surface area contributed by atoms with Gasteiger partial charge in [0, 0.05) is 11.8 Å². The van der Waals surface area contributed by atoms with Gasteiger partial charge in [-0.3, -0.25) is 4.79 Å². The van der Waals surface area contributed by atoms with Gasteiger partial charge in [0.2, 0.25) is 5.91 Å². The molecular formula is C8H5ClNO. The summed E-state index contributed by atoms with van der Waals surface area (Å²) in [7, 11) is 0. The van der Waals surface area contributed by atoms with E-state index >= 15 is 0 Å². The summed E-state index contributed by atoms with van der Waals surface area (Å²) in [6.45, 7) is 0. The maximum Gasteiger partial charge on any atom is 0.228 e. The number of carbonyl (C=O) groups excluding carboxylic acids is 1. The van der Waals surface area contributed by atoms with Crippen LogP contribution in [-0.4, -0.2) is 5.91 Å². The molecule has 11 heavy (non-hydrogen) atoms. The molecule has 1 aromatic rings. The number of carbonyl (C=O) groups is 1. The van der Waals surface area contributed by atoms with Gasteiger partial charge in [0.15, 0.2) is 0 Å². The highest BCUT2D eigenvalue weighted by molar-refractivity contribution is 6.30. The Morgan fingerprint density at radius 1 is 1.64 bits per heavy atom. The van der Waals surface area contributed by atoms with Crippen LogP contribution in [0.15, 0.2) is 12.1 Å². The van der Waals surface area contributed by atoms with Gasteiger partial charge >= 0.3 is 0 Å². The first-order chi connectivity index (χ1) is 5.25. The lowest BCUT2D eigenvalue weighted by atomic mass is 10.2. The first-order valence-corrected chi connectivity index (χ1v) is 3.63. The largest absolute Gasteiger partial charge is 0.325 e. The summed E-state index contributed by atoms with van der Waals surface area (Å²) >= 11 is 5.66. The molecule has 3 heteroatoms. The van der Waals surface area contributed by atoms with Gasteiger partial charge in [-0.2, -0.15) is 0 Å². The second-order valence-corrected chi connectivity index (χ2v) is 2.85. The maximum atomic E-state index is 10.8. The third-order valence-electron chi connectivity index (χ3n) is 1.63. The first kappa shape index (κ1) is 6.68. The van der Waals surface area contributed by atoms with Crippen LogP contribution in [-0.2, 0) is 11.2 Å². The van der Waals surface area contributed by atoms with Crippen molar-refractivity contribution in [2.45, 2.75) is 6.42 Å². The van der Waals surface area contributed by atoms with Crippen LogP contribution in [0.5, 0.6) is 0 Å². The maximum absolute atomic E-state index is 10.8. The number of amides is 1. The number of hydrogen-bond acceptors (Lipinski definition) is 1. The molecule has 1 amide bonds. The van der Waals surface area contributed by atoms with Crippen molar-refractivity contribution in [2.24, 2.45) is 0 Å². The van der Waals surface area contributed by atoms with Crippen molar-refractivity contribution in [3.05, 3.63) is 28.8 Å². The van der Waals surface area contributed by atoms with E-state index < -0.39 is 0 Å². The van der Waals surface area contributed by atoms with Gasteiger partial charge in [-0.05, 0) is 17.7 Å². The third-order valence-corrected chi connectivity index (χ3v) is 1.84. The highest BCUT2D eigenvalue weighted by Crippen LogP contribution is 2.25. The summed E-state index contributed by atoms with van der Waals surface area (Å²) in [5.41, 5.74) is 1.79. The average Bonchev–Trinajstić information content (AvgIpc) is 2.27. The van der Waals surface area contributed by atoms with Crippen molar-refractivity contribution in [1.29, 1.82) is 0 Å². The third kappa shape index (κ3) is 1.10. The summed E-state index contributed by atoms with van der Waals surface area (Å²) in [4.78, 5) is 10.8. The molecule has 0 aliphatic carbocycles. The van der Waals surface area contributed by atoms with Crippen LogP contribution in [0.3, 0.4) is 0 Å². The van der Waals surface area contributed by atoms with E-state index in [0.29, 0.717) is 11.4 Å².